The number of benzene rings is 2. The van der Waals surface area contributed by atoms with E-state index in [-0.39, 0.29) is 26.1 Å². The minimum absolute atomic E-state index is 0.0751. The fourth-order valence-electron chi connectivity index (χ4n) is 1.99. The number of carbonyl (C=O) groups excluding carboxylic acids is 2. The van der Waals surface area contributed by atoms with E-state index in [1.807, 2.05) is 48.5 Å². The van der Waals surface area contributed by atoms with E-state index < -0.39 is 16.8 Å². The second-order valence-corrected chi connectivity index (χ2v) is 6.57. The summed E-state index contributed by atoms with van der Waals surface area (Å²) in [6, 6.07) is 16.6. The Morgan fingerprint density at radius 1 is 0.846 bits per heavy atom. The average molecular weight is 397 g/mol. The van der Waals surface area contributed by atoms with Gasteiger partial charge in [-0.2, -0.15) is 0 Å². The van der Waals surface area contributed by atoms with E-state index in [0.717, 1.165) is 11.3 Å². The number of rotatable bonds is 9. The minimum atomic E-state index is -0.781. The van der Waals surface area contributed by atoms with Gasteiger partial charge in [-0.05, 0) is 29.8 Å². The maximum atomic E-state index is 11.7. The first kappa shape index (κ1) is 20.1. The number of carbonyl (C=O) groups is 2. The number of halogens is 2. The van der Waals surface area contributed by atoms with Crippen LogP contribution in [0.1, 0.15) is 18.4 Å². The predicted octanol–water partition coefficient (Wildman–Crippen LogP) is 4.65. The highest BCUT2D eigenvalue weighted by molar-refractivity contribution is 6.44. The molecule has 0 N–H and O–H groups in total. The molecule has 0 aliphatic carbocycles. The molecule has 0 aromatic heterocycles. The van der Waals surface area contributed by atoms with E-state index in [4.69, 9.17) is 37.4 Å². The fraction of sp³-hybridized carbons (Fsp3) is 0.263. The van der Waals surface area contributed by atoms with Crippen molar-refractivity contribution < 1.29 is 23.8 Å². The maximum absolute atomic E-state index is 11.7. The number of ether oxygens (including phenoxy) is 3. The van der Waals surface area contributed by atoms with Crippen LogP contribution < -0.4 is 4.74 Å². The molecule has 0 spiro atoms. The van der Waals surface area contributed by atoms with Crippen LogP contribution in [-0.2, 0) is 25.7 Å². The SMILES string of the molecule is O=C(CCC(=O)OCC(Cl)Cl)OCc1cccc(Oc2ccccc2)c1. The molecule has 7 heteroatoms. The van der Waals surface area contributed by atoms with Gasteiger partial charge in [0.15, 0.2) is 0 Å². The molecule has 0 aliphatic heterocycles. The van der Waals surface area contributed by atoms with Gasteiger partial charge >= 0.3 is 11.9 Å². The van der Waals surface area contributed by atoms with Gasteiger partial charge in [-0.15, -0.1) is 23.2 Å². The minimum Gasteiger partial charge on any atom is -0.463 e. The van der Waals surface area contributed by atoms with Gasteiger partial charge in [0, 0.05) is 0 Å². The molecule has 0 unspecified atom stereocenters. The topological polar surface area (TPSA) is 61.8 Å². The maximum Gasteiger partial charge on any atom is 0.306 e. The van der Waals surface area contributed by atoms with Crippen molar-refractivity contribution in [2.75, 3.05) is 6.61 Å². The number of hydrogen-bond donors (Lipinski definition) is 0. The van der Waals surface area contributed by atoms with Crippen LogP contribution in [0.4, 0.5) is 0 Å². The summed E-state index contributed by atoms with van der Waals surface area (Å²) < 4.78 is 15.6. The van der Waals surface area contributed by atoms with Crippen molar-refractivity contribution in [3.8, 4) is 11.5 Å². The Hall–Kier alpha value is -2.24. The van der Waals surface area contributed by atoms with Gasteiger partial charge in [-0.1, -0.05) is 30.3 Å². The molecule has 0 fully saturated rings. The van der Waals surface area contributed by atoms with Crippen LogP contribution in [0.3, 0.4) is 0 Å². The van der Waals surface area contributed by atoms with Crippen molar-refractivity contribution in [3.63, 3.8) is 0 Å². The van der Waals surface area contributed by atoms with E-state index in [0.29, 0.717) is 5.75 Å². The molecule has 0 aliphatic rings. The molecule has 0 radical (unpaired) electrons. The third-order valence-corrected chi connectivity index (χ3v) is 3.43. The monoisotopic (exact) mass is 396 g/mol. The van der Waals surface area contributed by atoms with Crippen LogP contribution in [-0.4, -0.2) is 23.4 Å². The highest BCUT2D eigenvalue weighted by Gasteiger charge is 2.11. The van der Waals surface area contributed by atoms with E-state index >= 15 is 0 Å². The lowest BCUT2D eigenvalue weighted by Crippen LogP contribution is -2.13. The van der Waals surface area contributed by atoms with Gasteiger partial charge in [-0.25, -0.2) is 0 Å². The number of esters is 2. The molecule has 0 saturated heterocycles. The Kier molecular flexibility index (Phi) is 8.25. The summed E-state index contributed by atoms with van der Waals surface area (Å²) in [4.78, 5) is 22.3. The van der Waals surface area contributed by atoms with Crippen molar-refractivity contribution in [1.29, 1.82) is 0 Å². The Morgan fingerprint density at radius 3 is 2.19 bits per heavy atom. The standard InChI is InChI=1S/C19H18Cl2O5/c20-17(21)13-25-19(23)10-9-18(22)24-12-14-5-4-8-16(11-14)26-15-6-2-1-3-7-15/h1-8,11,17H,9-10,12-13H2. The summed E-state index contributed by atoms with van der Waals surface area (Å²) in [7, 11) is 0. The van der Waals surface area contributed by atoms with Crippen LogP contribution >= 0.6 is 23.2 Å². The van der Waals surface area contributed by atoms with Crippen LogP contribution in [0, 0.1) is 0 Å². The molecule has 2 aromatic carbocycles. The summed E-state index contributed by atoms with van der Waals surface area (Å²) in [6.45, 7) is -0.0174. The van der Waals surface area contributed by atoms with E-state index in [1.165, 1.54) is 0 Å². The van der Waals surface area contributed by atoms with E-state index in [1.54, 1.807) is 6.07 Å². The molecule has 0 saturated carbocycles. The summed E-state index contributed by atoms with van der Waals surface area (Å²) >= 11 is 10.9. The smallest absolute Gasteiger partial charge is 0.306 e. The van der Waals surface area contributed by atoms with Crippen LogP contribution in [0.5, 0.6) is 11.5 Å². The van der Waals surface area contributed by atoms with Gasteiger partial charge < -0.3 is 14.2 Å². The normalized spacial score (nSPS) is 10.4. The Morgan fingerprint density at radius 2 is 1.50 bits per heavy atom. The van der Waals surface area contributed by atoms with Crippen molar-refractivity contribution in [2.24, 2.45) is 0 Å². The first-order valence-electron chi connectivity index (χ1n) is 7.94. The van der Waals surface area contributed by atoms with Gasteiger partial charge in [0.1, 0.15) is 29.5 Å². The van der Waals surface area contributed by atoms with Gasteiger partial charge in [0.05, 0.1) is 12.8 Å². The molecule has 2 aromatic rings. The highest BCUT2D eigenvalue weighted by Crippen LogP contribution is 2.22. The fourth-order valence-corrected chi connectivity index (χ4v) is 2.12. The van der Waals surface area contributed by atoms with Gasteiger partial charge in [-0.3, -0.25) is 9.59 Å². The zero-order chi connectivity index (χ0) is 18.8. The number of alkyl halides is 2. The lowest BCUT2D eigenvalue weighted by Gasteiger charge is -2.09. The third kappa shape index (κ3) is 7.76. The molecule has 0 heterocycles. The second kappa shape index (κ2) is 10.7. The van der Waals surface area contributed by atoms with Crippen LogP contribution in [0.15, 0.2) is 54.6 Å². The zero-order valence-corrected chi connectivity index (χ0v) is 15.4. The molecular formula is C19H18Cl2O5. The second-order valence-electron chi connectivity index (χ2n) is 5.30. The summed E-state index contributed by atoms with van der Waals surface area (Å²) in [5.41, 5.74) is 0.779. The number of para-hydroxylation sites is 1. The summed E-state index contributed by atoms with van der Waals surface area (Å²) in [5, 5.41) is 0. The molecule has 5 nitrogen and oxygen atoms in total. The molecule has 26 heavy (non-hydrogen) atoms. The Labute approximate surface area is 161 Å². The summed E-state index contributed by atoms with van der Waals surface area (Å²) in [6.07, 6.45) is -0.162. The highest BCUT2D eigenvalue weighted by atomic mass is 35.5. The molecular weight excluding hydrogens is 379 g/mol. The molecule has 2 rings (SSSR count). The van der Waals surface area contributed by atoms with Crippen molar-refractivity contribution in [1.82, 2.24) is 0 Å². The quantitative estimate of drug-likeness (QED) is 0.455. The van der Waals surface area contributed by atoms with Crippen molar-refractivity contribution in [2.45, 2.75) is 24.3 Å². The Balaban J connectivity index is 1.75. The van der Waals surface area contributed by atoms with Gasteiger partial charge in [0.25, 0.3) is 0 Å². The first-order chi connectivity index (χ1) is 12.5. The lowest BCUT2D eigenvalue weighted by molar-refractivity contribution is -0.150. The Bertz CT molecular complexity index is 719. The van der Waals surface area contributed by atoms with Crippen LogP contribution in [0.25, 0.3) is 0 Å². The lowest BCUT2D eigenvalue weighted by atomic mass is 10.2. The largest absolute Gasteiger partial charge is 0.463 e. The van der Waals surface area contributed by atoms with Crippen molar-refractivity contribution in [3.05, 3.63) is 60.2 Å². The number of hydrogen-bond acceptors (Lipinski definition) is 5. The molecule has 138 valence electrons. The summed E-state index contributed by atoms with van der Waals surface area (Å²) in [5.74, 6) is 0.317. The van der Waals surface area contributed by atoms with Crippen LogP contribution in [0.2, 0.25) is 0 Å². The van der Waals surface area contributed by atoms with E-state index in [2.05, 4.69) is 0 Å². The van der Waals surface area contributed by atoms with Crippen molar-refractivity contribution >= 4 is 35.1 Å². The zero-order valence-electron chi connectivity index (χ0n) is 13.9. The molecule has 0 bridgehead atoms. The third-order valence-electron chi connectivity index (χ3n) is 3.18. The predicted molar refractivity (Wildman–Crippen MR) is 98.4 cm³/mol. The van der Waals surface area contributed by atoms with E-state index in [9.17, 15) is 9.59 Å². The first-order valence-corrected chi connectivity index (χ1v) is 8.81. The molecule has 0 atom stereocenters. The average Bonchev–Trinajstić information content (AvgIpc) is 2.64. The molecule has 0 amide bonds. The van der Waals surface area contributed by atoms with Gasteiger partial charge in [0.2, 0.25) is 0 Å².